The van der Waals surface area contributed by atoms with Gasteiger partial charge in [-0.25, -0.2) is 0 Å². The first-order valence-electron chi connectivity index (χ1n) is 17.7. The van der Waals surface area contributed by atoms with Crippen LogP contribution in [0.2, 0.25) is 0 Å². The van der Waals surface area contributed by atoms with Crippen LogP contribution in [0.3, 0.4) is 0 Å². The monoisotopic (exact) mass is 551 g/mol. The van der Waals surface area contributed by atoms with E-state index in [4.69, 9.17) is 0 Å². The van der Waals surface area contributed by atoms with Gasteiger partial charge in [0.1, 0.15) is 0 Å². The van der Waals surface area contributed by atoms with Crippen LogP contribution in [-0.4, -0.2) is 24.9 Å². The fourth-order valence-electron chi connectivity index (χ4n) is 5.36. The Morgan fingerprint density at radius 2 is 0.538 bits per heavy atom. The summed E-state index contributed by atoms with van der Waals surface area (Å²) in [7, 11) is 0. The molecule has 232 valence electrons. The normalized spacial score (nSPS) is 11.1. The lowest BCUT2D eigenvalue weighted by Gasteiger charge is -2.07. The van der Waals surface area contributed by atoms with Gasteiger partial charge in [-0.2, -0.15) is 0 Å². The van der Waals surface area contributed by atoms with Crippen LogP contribution in [0, 0.1) is 0 Å². The summed E-state index contributed by atoms with van der Waals surface area (Å²) >= 11 is 0. The third-order valence-corrected chi connectivity index (χ3v) is 8.03. The zero-order valence-corrected chi connectivity index (χ0v) is 26.7. The van der Waals surface area contributed by atoms with Crippen molar-refractivity contribution in [2.24, 2.45) is 0 Å². The van der Waals surface area contributed by atoms with Crippen molar-refractivity contribution in [1.29, 1.82) is 0 Å². The standard InChI is InChI=1S/C35H70N2O2/c1-3-5-7-9-11-13-15-17-19-21-23-25-27-29-31-35(39)37-33-32-36-34(38)30-28-26-24-22-20-18-16-14-12-10-8-6-4-2/h3-33H2,1-2H3,(H,36,38)(H,37,39). The summed E-state index contributed by atoms with van der Waals surface area (Å²) in [6.07, 6.45) is 37.1. The molecule has 0 aromatic carbocycles. The average Bonchev–Trinajstić information content (AvgIpc) is 2.93. The molecule has 0 aliphatic carbocycles. The highest BCUT2D eigenvalue weighted by Crippen LogP contribution is 2.14. The van der Waals surface area contributed by atoms with E-state index in [1.54, 1.807) is 0 Å². The number of nitrogens with one attached hydrogen (secondary N) is 2. The number of hydrogen-bond acceptors (Lipinski definition) is 2. The van der Waals surface area contributed by atoms with E-state index in [1.165, 1.54) is 148 Å². The van der Waals surface area contributed by atoms with Crippen LogP contribution in [0.4, 0.5) is 0 Å². The Labute approximate surface area is 245 Å². The smallest absolute Gasteiger partial charge is 0.220 e. The molecular weight excluding hydrogens is 480 g/mol. The topological polar surface area (TPSA) is 58.2 Å². The van der Waals surface area contributed by atoms with Gasteiger partial charge in [0.15, 0.2) is 0 Å². The number of amides is 2. The van der Waals surface area contributed by atoms with E-state index in [2.05, 4.69) is 24.5 Å². The van der Waals surface area contributed by atoms with Gasteiger partial charge in [-0.3, -0.25) is 9.59 Å². The molecule has 0 bridgehead atoms. The van der Waals surface area contributed by atoms with E-state index in [9.17, 15) is 9.59 Å². The van der Waals surface area contributed by atoms with Crippen molar-refractivity contribution in [2.75, 3.05) is 13.1 Å². The molecule has 0 heterocycles. The molecule has 0 unspecified atom stereocenters. The number of carbonyl (C=O) groups is 2. The van der Waals surface area contributed by atoms with Crippen molar-refractivity contribution in [2.45, 2.75) is 200 Å². The molecule has 39 heavy (non-hydrogen) atoms. The summed E-state index contributed by atoms with van der Waals surface area (Å²) in [5.74, 6) is 0.249. The highest BCUT2D eigenvalue weighted by molar-refractivity contribution is 5.77. The molecule has 0 saturated carbocycles. The zero-order valence-electron chi connectivity index (χ0n) is 26.7. The van der Waals surface area contributed by atoms with E-state index in [0.717, 1.165) is 25.7 Å². The fourth-order valence-corrected chi connectivity index (χ4v) is 5.36. The number of hydrogen-bond donors (Lipinski definition) is 2. The Kier molecular flexibility index (Phi) is 32.2. The van der Waals surface area contributed by atoms with Gasteiger partial charge in [-0.05, 0) is 12.8 Å². The summed E-state index contributed by atoms with van der Waals surface area (Å²) in [6, 6.07) is 0. The number of rotatable bonds is 32. The molecule has 0 spiro atoms. The second kappa shape index (κ2) is 33.1. The van der Waals surface area contributed by atoms with E-state index >= 15 is 0 Å². The van der Waals surface area contributed by atoms with E-state index < -0.39 is 0 Å². The second-order valence-electron chi connectivity index (χ2n) is 12.0. The number of carbonyl (C=O) groups excluding carboxylic acids is 2. The summed E-state index contributed by atoms with van der Waals surface area (Å²) in [5.41, 5.74) is 0. The first kappa shape index (κ1) is 37.9. The van der Waals surface area contributed by atoms with Gasteiger partial charge in [-0.1, -0.05) is 174 Å². The van der Waals surface area contributed by atoms with Gasteiger partial charge in [0, 0.05) is 25.9 Å². The maximum absolute atomic E-state index is 12.0. The van der Waals surface area contributed by atoms with Gasteiger partial charge >= 0.3 is 0 Å². The lowest BCUT2D eigenvalue weighted by molar-refractivity contribution is -0.123. The predicted molar refractivity (Wildman–Crippen MR) is 171 cm³/mol. The molecule has 2 amide bonds. The molecule has 0 radical (unpaired) electrons. The summed E-state index contributed by atoms with van der Waals surface area (Å²) < 4.78 is 0. The van der Waals surface area contributed by atoms with Crippen molar-refractivity contribution in [1.82, 2.24) is 10.6 Å². The highest BCUT2D eigenvalue weighted by atomic mass is 16.2. The maximum Gasteiger partial charge on any atom is 0.220 e. The van der Waals surface area contributed by atoms with Crippen molar-refractivity contribution in [3.8, 4) is 0 Å². The van der Waals surface area contributed by atoms with Crippen molar-refractivity contribution in [3.63, 3.8) is 0 Å². The maximum atomic E-state index is 12.0. The van der Waals surface area contributed by atoms with Crippen LogP contribution in [0.15, 0.2) is 0 Å². The minimum atomic E-state index is 0.124. The summed E-state index contributed by atoms with van der Waals surface area (Å²) in [5, 5.41) is 5.90. The SMILES string of the molecule is CCCCCCCCCCCCCCCCC(=O)NCCNC(=O)CCCCCCCCCCCCCCC. The Morgan fingerprint density at radius 1 is 0.333 bits per heavy atom. The molecule has 0 saturated heterocycles. The molecule has 0 aromatic rings. The van der Waals surface area contributed by atoms with E-state index in [0.29, 0.717) is 25.9 Å². The van der Waals surface area contributed by atoms with E-state index in [-0.39, 0.29) is 11.8 Å². The van der Waals surface area contributed by atoms with Crippen molar-refractivity contribution < 1.29 is 9.59 Å². The quantitative estimate of drug-likeness (QED) is 0.0818. The Balaban J connectivity index is 3.27. The minimum absolute atomic E-state index is 0.124. The molecule has 0 rings (SSSR count). The number of unbranched alkanes of at least 4 members (excludes halogenated alkanes) is 25. The first-order valence-corrected chi connectivity index (χ1v) is 17.7. The van der Waals surface area contributed by atoms with E-state index in [1.807, 2.05) is 0 Å². The second-order valence-corrected chi connectivity index (χ2v) is 12.0. The lowest BCUT2D eigenvalue weighted by Crippen LogP contribution is -2.34. The van der Waals surface area contributed by atoms with Crippen molar-refractivity contribution >= 4 is 11.8 Å². The average molecular weight is 551 g/mol. The Bertz CT molecular complexity index is 509. The van der Waals surface area contributed by atoms with Gasteiger partial charge in [-0.15, -0.1) is 0 Å². The summed E-state index contributed by atoms with van der Waals surface area (Å²) in [6.45, 7) is 5.64. The molecular formula is C35H70N2O2. The third-order valence-electron chi connectivity index (χ3n) is 8.03. The first-order chi connectivity index (χ1) is 19.2. The highest BCUT2D eigenvalue weighted by Gasteiger charge is 2.03. The van der Waals surface area contributed by atoms with Crippen LogP contribution in [0.5, 0.6) is 0 Å². The van der Waals surface area contributed by atoms with Gasteiger partial charge in [0.25, 0.3) is 0 Å². The largest absolute Gasteiger partial charge is 0.354 e. The van der Waals surface area contributed by atoms with Crippen molar-refractivity contribution in [3.05, 3.63) is 0 Å². The molecule has 2 N–H and O–H groups in total. The van der Waals surface area contributed by atoms with Gasteiger partial charge in [0.05, 0.1) is 0 Å². The molecule has 4 heteroatoms. The molecule has 0 aliphatic heterocycles. The predicted octanol–water partition coefficient (Wildman–Crippen LogP) is 10.6. The molecule has 4 nitrogen and oxygen atoms in total. The van der Waals surface area contributed by atoms with Gasteiger partial charge < -0.3 is 10.6 Å². The fraction of sp³-hybridized carbons (Fsp3) is 0.943. The molecule has 0 fully saturated rings. The van der Waals surface area contributed by atoms with Crippen LogP contribution in [0.25, 0.3) is 0 Å². The summed E-state index contributed by atoms with van der Waals surface area (Å²) in [4.78, 5) is 24.0. The van der Waals surface area contributed by atoms with Crippen LogP contribution in [0.1, 0.15) is 200 Å². The third kappa shape index (κ3) is 33.0. The van der Waals surface area contributed by atoms with Crippen LogP contribution < -0.4 is 10.6 Å². The minimum Gasteiger partial charge on any atom is -0.354 e. The Hall–Kier alpha value is -1.06. The lowest BCUT2D eigenvalue weighted by atomic mass is 10.0. The van der Waals surface area contributed by atoms with Crippen LogP contribution in [-0.2, 0) is 9.59 Å². The molecule has 0 aliphatic rings. The zero-order chi connectivity index (χ0) is 28.5. The molecule has 0 aromatic heterocycles. The molecule has 0 atom stereocenters. The van der Waals surface area contributed by atoms with Crippen LogP contribution >= 0.6 is 0 Å². The Morgan fingerprint density at radius 3 is 0.769 bits per heavy atom. The van der Waals surface area contributed by atoms with Gasteiger partial charge in [0.2, 0.25) is 11.8 Å².